The summed E-state index contributed by atoms with van der Waals surface area (Å²) in [5.41, 5.74) is 3.91. The average Bonchev–Trinajstić information content (AvgIpc) is 2.58. The summed E-state index contributed by atoms with van der Waals surface area (Å²) in [4.78, 5) is 12.1. The van der Waals surface area contributed by atoms with Gasteiger partial charge in [0.05, 0.1) is 13.3 Å². The van der Waals surface area contributed by atoms with Crippen LogP contribution in [0.25, 0.3) is 0 Å². The number of ether oxygens (including phenoxy) is 2. The Bertz CT molecular complexity index is 793. The van der Waals surface area contributed by atoms with Crippen LogP contribution in [-0.2, 0) is 4.79 Å². The van der Waals surface area contributed by atoms with Crippen LogP contribution in [0.5, 0.6) is 17.2 Å². The van der Waals surface area contributed by atoms with Gasteiger partial charge in [-0.15, -0.1) is 0 Å². The summed E-state index contributed by atoms with van der Waals surface area (Å²) in [5.74, 6) is 0.546. The Labute approximate surface area is 151 Å². The fourth-order valence-corrected chi connectivity index (χ4v) is 2.25. The van der Waals surface area contributed by atoms with E-state index in [1.165, 1.54) is 19.4 Å². The van der Waals surface area contributed by atoms with E-state index in [1.807, 2.05) is 6.92 Å². The quantitative estimate of drug-likeness (QED) is 0.610. The van der Waals surface area contributed by atoms with Crippen LogP contribution in [0.15, 0.2) is 41.5 Å². The van der Waals surface area contributed by atoms with E-state index in [1.54, 1.807) is 37.3 Å². The number of aromatic hydroxyl groups is 1. The van der Waals surface area contributed by atoms with Gasteiger partial charge in [-0.25, -0.2) is 5.43 Å². The van der Waals surface area contributed by atoms with Gasteiger partial charge in [0.2, 0.25) is 0 Å². The molecule has 2 aromatic carbocycles. The van der Waals surface area contributed by atoms with Crippen LogP contribution in [0.4, 0.5) is 0 Å². The van der Waals surface area contributed by atoms with Crippen molar-refractivity contribution in [1.29, 1.82) is 0 Å². The van der Waals surface area contributed by atoms with Gasteiger partial charge in [0.25, 0.3) is 5.91 Å². The van der Waals surface area contributed by atoms with E-state index < -0.39 is 12.0 Å². The molecule has 0 heterocycles. The first-order chi connectivity index (χ1) is 11.9. The van der Waals surface area contributed by atoms with Crippen molar-refractivity contribution < 1.29 is 19.4 Å². The zero-order valence-electron chi connectivity index (χ0n) is 14.1. The number of hydrogen-bond acceptors (Lipinski definition) is 5. The topological polar surface area (TPSA) is 80.2 Å². The lowest BCUT2D eigenvalue weighted by molar-refractivity contribution is -0.127. The predicted octanol–water partition coefficient (Wildman–Crippen LogP) is 3.28. The van der Waals surface area contributed by atoms with Gasteiger partial charge >= 0.3 is 0 Å². The Balaban J connectivity index is 1.94. The lowest BCUT2D eigenvalue weighted by Gasteiger charge is -2.14. The fraction of sp³-hybridized carbons (Fsp3) is 0.222. The minimum absolute atomic E-state index is 0.0315. The van der Waals surface area contributed by atoms with Crippen molar-refractivity contribution in [3.63, 3.8) is 0 Å². The van der Waals surface area contributed by atoms with Gasteiger partial charge in [-0.1, -0.05) is 11.6 Å². The van der Waals surface area contributed by atoms with E-state index in [0.29, 0.717) is 22.1 Å². The van der Waals surface area contributed by atoms with Gasteiger partial charge in [0.15, 0.2) is 17.6 Å². The van der Waals surface area contributed by atoms with Crippen LogP contribution in [0, 0.1) is 6.92 Å². The van der Waals surface area contributed by atoms with Crippen LogP contribution in [0.3, 0.4) is 0 Å². The summed E-state index contributed by atoms with van der Waals surface area (Å²) in [7, 11) is 1.45. The highest BCUT2D eigenvalue weighted by Crippen LogP contribution is 2.25. The number of amides is 1. The molecule has 2 N–H and O–H groups in total. The minimum Gasteiger partial charge on any atom is -0.504 e. The molecule has 0 bridgehead atoms. The first kappa shape index (κ1) is 18.6. The normalized spacial score (nSPS) is 12.0. The van der Waals surface area contributed by atoms with Crippen molar-refractivity contribution in [2.75, 3.05) is 7.11 Å². The van der Waals surface area contributed by atoms with Crippen LogP contribution < -0.4 is 14.9 Å². The maximum Gasteiger partial charge on any atom is 0.280 e. The highest BCUT2D eigenvalue weighted by Gasteiger charge is 2.15. The average molecular weight is 363 g/mol. The molecule has 0 radical (unpaired) electrons. The number of carbonyl (C=O) groups excluding carboxylic acids is 1. The molecule has 0 spiro atoms. The summed E-state index contributed by atoms with van der Waals surface area (Å²) in [5, 5.41) is 14.0. The summed E-state index contributed by atoms with van der Waals surface area (Å²) in [6.07, 6.45) is 0.714. The third-order valence-electron chi connectivity index (χ3n) is 3.40. The maximum atomic E-state index is 12.1. The molecule has 0 fully saturated rings. The van der Waals surface area contributed by atoms with Crippen LogP contribution >= 0.6 is 11.6 Å². The number of hydrogen-bond donors (Lipinski definition) is 2. The van der Waals surface area contributed by atoms with Gasteiger partial charge in [-0.2, -0.15) is 5.10 Å². The number of phenols is 1. The van der Waals surface area contributed by atoms with Crippen LogP contribution in [0.2, 0.25) is 5.02 Å². The summed E-state index contributed by atoms with van der Waals surface area (Å²) >= 11 is 5.90. The van der Waals surface area contributed by atoms with E-state index in [9.17, 15) is 9.90 Å². The monoisotopic (exact) mass is 362 g/mol. The van der Waals surface area contributed by atoms with Crippen molar-refractivity contribution in [2.24, 2.45) is 5.10 Å². The maximum absolute atomic E-state index is 12.1. The summed E-state index contributed by atoms with van der Waals surface area (Å²) in [6, 6.07) is 9.90. The van der Waals surface area contributed by atoms with Gasteiger partial charge in [0, 0.05) is 5.02 Å². The molecule has 7 heteroatoms. The molecule has 6 nitrogen and oxygen atoms in total. The SMILES string of the molecule is COc1cc(/C=N\NC(=O)[C@@H](C)Oc2ccc(Cl)cc2C)ccc1O. The van der Waals surface area contributed by atoms with E-state index in [-0.39, 0.29) is 5.75 Å². The van der Waals surface area contributed by atoms with Crippen molar-refractivity contribution in [1.82, 2.24) is 5.43 Å². The summed E-state index contributed by atoms with van der Waals surface area (Å²) < 4.78 is 10.6. The smallest absolute Gasteiger partial charge is 0.280 e. The number of nitrogens with one attached hydrogen (secondary N) is 1. The number of methoxy groups -OCH3 is 1. The van der Waals surface area contributed by atoms with E-state index in [4.69, 9.17) is 21.1 Å². The number of rotatable bonds is 6. The lowest BCUT2D eigenvalue weighted by Crippen LogP contribution is -2.33. The van der Waals surface area contributed by atoms with Gasteiger partial charge in [-0.3, -0.25) is 4.79 Å². The Morgan fingerprint density at radius 3 is 2.72 bits per heavy atom. The number of hydrazone groups is 1. The lowest BCUT2D eigenvalue weighted by atomic mass is 10.2. The largest absolute Gasteiger partial charge is 0.504 e. The molecule has 0 unspecified atom stereocenters. The molecule has 0 saturated heterocycles. The van der Waals surface area contributed by atoms with Crippen molar-refractivity contribution in [2.45, 2.75) is 20.0 Å². The van der Waals surface area contributed by atoms with E-state index >= 15 is 0 Å². The minimum atomic E-state index is -0.730. The van der Waals surface area contributed by atoms with Gasteiger partial charge in [0.1, 0.15) is 5.75 Å². The highest BCUT2D eigenvalue weighted by atomic mass is 35.5. The number of nitrogens with zero attached hydrogens (tertiary/aromatic N) is 1. The molecule has 1 atom stereocenters. The first-order valence-electron chi connectivity index (χ1n) is 7.53. The molecule has 2 rings (SSSR count). The Morgan fingerprint density at radius 1 is 1.28 bits per heavy atom. The zero-order valence-corrected chi connectivity index (χ0v) is 14.9. The molecule has 132 valence electrons. The third kappa shape index (κ3) is 5.12. The molecule has 0 saturated carbocycles. The number of phenolic OH excluding ortho intramolecular Hbond substituents is 1. The predicted molar refractivity (Wildman–Crippen MR) is 96.7 cm³/mol. The molecular weight excluding hydrogens is 344 g/mol. The van der Waals surface area contributed by atoms with E-state index in [2.05, 4.69) is 10.5 Å². The number of carbonyl (C=O) groups is 1. The second-order valence-electron chi connectivity index (χ2n) is 5.34. The zero-order chi connectivity index (χ0) is 18.4. The molecular formula is C18H19ClN2O4. The summed E-state index contributed by atoms with van der Waals surface area (Å²) in [6.45, 7) is 3.48. The fourth-order valence-electron chi connectivity index (χ4n) is 2.02. The third-order valence-corrected chi connectivity index (χ3v) is 3.64. The number of halogens is 1. The molecule has 1 amide bonds. The molecule has 0 aliphatic heterocycles. The molecule has 0 aliphatic carbocycles. The van der Waals surface area contributed by atoms with Crippen LogP contribution in [0.1, 0.15) is 18.1 Å². The molecule has 0 aromatic heterocycles. The van der Waals surface area contributed by atoms with Gasteiger partial charge < -0.3 is 14.6 Å². The van der Waals surface area contributed by atoms with Crippen molar-refractivity contribution in [3.05, 3.63) is 52.5 Å². The van der Waals surface area contributed by atoms with Crippen LogP contribution in [-0.4, -0.2) is 30.4 Å². The second-order valence-corrected chi connectivity index (χ2v) is 5.77. The Hall–Kier alpha value is -2.73. The number of aryl methyl sites for hydroxylation is 1. The highest BCUT2D eigenvalue weighted by molar-refractivity contribution is 6.30. The van der Waals surface area contributed by atoms with Crippen molar-refractivity contribution in [3.8, 4) is 17.2 Å². The van der Waals surface area contributed by atoms with Crippen molar-refractivity contribution >= 4 is 23.7 Å². The second kappa shape index (κ2) is 8.39. The number of benzene rings is 2. The standard InChI is InChI=1S/C18H19ClN2O4/c1-11-8-14(19)5-7-16(11)25-12(2)18(23)21-20-10-13-4-6-15(22)17(9-13)24-3/h4-10,12,22H,1-3H3,(H,21,23)/b20-10-/t12-/m1/s1. The molecule has 25 heavy (non-hydrogen) atoms. The first-order valence-corrected chi connectivity index (χ1v) is 7.91. The Kier molecular flexibility index (Phi) is 6.25. The Morgan fingerprint density at radius 2 is 2.04 bits per heavy atom. The van der Waals surface area contributed by atoms with Gasteiger partial charge in [-0.05, 0) is 61.4 Å². The molecule has 0 aliphatic rings. The van der Waals surface area contributed by atoms with E-state index in [0.717, 1.165) is 5.56 Å². The molecule has 2 aromatic rings.